The Hall–Kier alpha value is -1.21. The molecule has 0 spiro atoms. The molecule has 1 aromatic carbocycles. The number of benzene rings is 1. The minimum absolute atomic E-state index is 0.00464. The lowest BCUT2D eigenvalue weighted by Crippen LogP contribution is -2.42. The van der Waals surface area contributed by atoms with Gasteiger partial charge in [0.05, 0.1) is 4.90 Å². The zero-order valence-electron chi connectivity index (χ0n) is 14.6. The fourth-order valence-corrected chi connectivity index (χ4v) is 6.06. The molecule has 0 atom stereocenters. The Balaban J connectivity index is 1.91. The van der Waals surface area contributed by atoms with Crippen LogP contribution in [0.4, 0.5) is 4.79 Å². The quantitative estimate of drug-likeness (QED) is 0.756. The van der Waals surface area contributed by atoms with Crippen molar-refractivity contribution in [2.75, 3.05) is 13.1 Å². The summed E-state index contributed by atoms with van der Waals surface area (Å²) in [5.41, 5.74) is 0.516. The highest BCUT2D eigenvalue weighted by Crippen LogP contribution is 2.33. The Bertz CT molecular complexity index is 670. The van der Waals surface area contributed by atoms with Crippen molar-refractivity contribution in [2.45, 2.75) is 56.3 Å². The SMILES string of the molecule is Cc1ccc(S(=O)(=O)SC2CCN(C(=O)OC(C)(C)C)CC2)cc1. The van der Waals surface area contributed by atoms with E-state index >= 15 is 0 Å². The molecule has 24 heavy (non-hydrogen) atoms. The molecule has 1 aromatic rings. The lowest BCUT2D eigenvalue weighted by atomic mass is 10.1. The molecule has 1 amide bonds. The number of ether oxygens (including phenoxy) is 1. The van der Waals surface area contributed by atoms with Crippen LogP contribution in [-0.4, -0.2) is 43.4 Å². The molecule has 1 fully saturated rings. The van der Waals surface area contributed by atoms with Gasteiger partial charge in [-0.05, 0) is 63.5 Å². The largest absolute Gasteiger partial charge is 0.444 e. The summed E-state index contributed by atoms with van der Waals surface area (Å²) in [4.78, 5) is 14.0. The first-order valence-corrected chi connectivity index (χ1v) is 10.9. The second-order valence-corrected chi connectivity index (χ2v) is 11.2. The van der Waals surface area contributed by atoms with Crippen LogP contribution in [0.25, 0.3) is 0 Å². The number of nitrogens with zero attached hydrogens (tertiary/aromatic N) is 1. The van der Waals surface area contributed by atoms with Crippen LogP contribution in [0.15, 0.2) is 29.2 Å². The van der Waals surface area contributed by atoms with Crippen LogP contribution in [-0.2, 0) is 13.6 Å². The van der Waals surface area contributed by atoms with Gasteiger partial charge in [-0.2, -0.15) is 0 Å². The Morgan fingerprint density at radius 3 is 2.21 bits per heavy atom. The predicted octanol–water partition coefficient (Wildman–Crippen LogP) is 3.82. The van der Waals surface area contributed by atoms with Gasteiger partial charge >= 0.3 is 6.09 Å². The Morgan fingerprint density at radius 2 is 1.71 bits per heavy atom. The summed E-state index contributed by atoms with van der Waals surface area (Å²) in [6.07, 6.45) is 0.969. The second-order valence-electron chi connectivity index (χ2n) is 7.03. The standard InChI is InChI=1S/C17H25NO4S2/c1-13-5-7-15(8-6-13)24(20,21)23-14-9-11-18(12-10-14)16(19)22-17(2,3)4/h5-8,14H,9-12H2,1-4H3. The third-order valence-corrected chi connectivity index (χ3v) is 7.67. The Labute approximate surface area is 148 Å². The summed E-state index contributed by atoms with van der Waals surface area (Å²) in [5.74, 6) is 0. The number of piperidine rings is 1. The molecule has 0 bridgehead atoms. The highest BCUT2D eigenvalue weighted by molar-refractivity contribution is 8.72. The van der Waals surface area contributed by atoms with Crippen LogP contribution in [0.2, 0.25) is 0 Å². The number of carbonyl (C=O) groups is 1. The molecule has 1 heterocycles. The maximum Gasteiger partial charge on any atom is 0.410 e. The number of likely N-dealkylation sites (tertiary alicyclic amines) is 1. The predicted molar refractivity (Wildman–Crippen MR) is 96.8 cm³/mol. The van der Waals surface area contributed by atoms with Gasteiger partial charge in [0.2, 0.25) is 8.87 Å². The molecule has 1 aliphatic rings. The third-order valence-electron chi connectivity index (χ3n) is 3.67. The Morgan fingerprint density at radius 1 is 1.17 bits per heavy atom. The van der Waals surface area contributed by atoms with E-state index in [0.29, 0.717) is 30.8 Å². The van der Waals surface area contributed by atoms with Gasteiger partial charge in [0, 0.05) is 18.3 Å². The number of aryl methyl sites for hydroxylation is 1. The molecule has 134 valence electrons. The van der Waals surface area contributed by atoms with Crippen molar-refractivity contribution >= 4 is 25.8 Å². The van der Waals surface area contributed by atoms with E-state index in [1.165, 1.54) is 0 Å². The zero-order chi connectivity index (χ0) is 18.0. The van der Waals surface area contributed by atoms with Crippen LogP contribution in [0, 0.1) is 6.92 Å². The molecular weight excluding hydrogens is 346 g/mol. The first-order valence-electron chi connectivity index (χ1n) is 8.05. The monoisotopic (exact) mass is 371 g/mol. The molecule has 2 rings (SSSR count). The second kappa shape index (κ2) is 7.35. The van der Waals surface area contributed by atoms with Crippen LogP contribution in [0.1, 0.15) is 39.2 Å². The van der Waals surface area contributed by atoms with Gasteiger partial charge < -0.3 is 9.64 Å². The first-order chi connectivity index (χ1) is 11.1. The van der Waals surface area contributed by atoms with Crippen molar-refractivity contribution in [3.8, 4) is 0 Å². The minimum Gasteiger partial charge on any atom is -0.444 e. The highest BCUT2D eigenvalue weighted by atomic mass is 33.1. The molecule has 7 heteroatoms. The number of carbonyl (C=O) groups excluding carboxylic acids is 1. The summed E-state index contributed by atoms with van der Waals surface area (Å²) in [6, 6.07) is 6.90. The van der Waals surface area contributed by atoms with E-state index in [9.17, 15) is 13.2 Å². The highest BCUT2D eigenvalue weighted by Gasteiger charge is 2.30. The summed E-state index contributed by atoms with van der Waals surface area (Å²) >= 11 is 0. The number of amides is 1. The van der Waals surface area contributed by atoms with Crippen LogP contribution in [0.3, 0.4) is 0 Å². The summed E-state index contributed by atoms with van der Waals surface area (Å²) in [6.45, 7) is 8.48. The lowest BCUT2D eigenvalue weighted by molar-refractivity contribution is 0.0219. The molecule has 1 saturated heterocycles. The van der Waals surface area contributed by atoms with Gasteiger partial charge in [0.25, 0.3) is 0 Å². The number of rotatable bonds is 3. The van der Waals surface area contributed by atoms with Crippen LogP contribution >= 0.6 is 10.8 Å². The van der Waals surface area contributed by atoms with Crippen molar-refractivity contribution in [1.29, 1.82) is 0 Å². The summed E-state index contributed by atoms with van der Waals surface area (Å²) < 4.78 is 30.3. The Kier molecular flexibility index (Phi) is 5.86. The fourth-order valence-electron chi connectivity index (χ4n) is 2.40. The maximum atomic E-state index is 12.5. The summed E-state index contributed by atoms with van der Waals surface area (Å²) in [7, 11) is -2.36. The molecule has 0 radical (unpaired) electrons. The lowest BCUT2D eigenvalue weighted by Gasteiger charge is -2.32. The molecular formula is C17H25NO4S2. The van der Waals surface area contributed by atoms with E-state index in [0.717, 1.165) is 16.4 Å². The van der Waals surface area contributed by atoms with E-state index in [4.69, 9.17) is 4.74 Å². The normalized spacial score (nSPS) is 16.9. The average molecular weight is 372 g/mol. The van der Waals surface area contributed by atoms with E-state index in [-0.39, 0.29) is 11.3 Å². The van der Waals surface area contributed by atoms with Gasteiger partial charge in [-0.3, -0.25) is 0 Å². The molecule has 5 nitrogen and oxygen atoms in total. The van der Waals surface area contributed by atoms with E-state index in [2.05, 4.69) is 0 Å². The fraction of sp³-hybridized carbons (Fsp3) is 0.588. The molecule has 0 aromatic heterocycles. The van der Waals surface area contributed by atoms with E-state index < -0.39 is 14.5 Å². The molecule has 0 unspecified atom stereocenters. The van der Waals surface area contributed by atoms with Crippen molar-refractivity contribution in [3.05, 3.63) is 29.8 Å². The van der Waals surface area contributed by atoms with Crippen LogP contribution < -0.4 is 0 Å². The first kappa shape index (κ1) is 19.1. The van der Waals surface area contributed by atoms with E-state index in [1.807, 2.05) is 27.7 Å². The average Bonchev–Trinajstić information content (AvgIpc) is 2.46. The third kappa shape index (κ3) is 5.41. The van der Waals surface area contributed by atoms with E-state index in [1.54, 1.807) is 29.2 Å². The van der Waals surface area contributed by atoms with Gasteiger partial charge in [-0.1, -0.05) is 17.7 Å². The maximum absolute atomic E-state index is 12.5. The van der Waals surface area contributed by atoms with Crippen LogP contribution in [0.5, 0.6) is 0 Å². The number of hydrogen-bond donors (Lipinski definition) is 0. The zero-order valence-corrected chi connectivity index (χ0v) is 16.2. The smallest absolute Gasteiger partial charge is 0.410 e. The number of hydrogen-bond acceptors (Lipinski definition) is 5. The van der Waals surface area contributed by atoms with Gasteiger partial charge in [0.15, 0.2) is 0 Å². The molecule has 0 saturated carbocycles. The van der Waals surface area contributed by atoms with Gasteiger partial charge in [-0.25, -0.2) is 13.2 Å². The van der Waals surface area contributed by atoms with Crippen molar-refractivity contribution < 1.29 is 17.9 Å². The molecule has 0 aliphatic carbocycles. The van der Waals surface area contributed by atoms with Gasteiger partial charge in [0.1, 0.15) is 5.60 Å². The van der Waals surface area contributed by atoms with Crippen molar-refractivity contribution in [1.82, 2.24) is 4.90 Å². The minimum atomic E-state index is -3.36. The topological polar surface area (TPSA) is 63.7 Å². The molecule has 1 aliphatic heterocycles. The van der Waals surface area contributed by atoms with Gasteiger partial charge in [-0.15, -0.1) is 0 Å². The summed E-state index contributed by atoms with van der Waals surface area (Å²) in [5, 5.41) is -0.00464. The molecule has 0 N–H and O–H groups in total. The van der Waals surface area contributed by atoms with Crippen molar-refractivity contribution in [3.63, 3.8) is 0 Å². The van der Waals surface area contributed by atoms with Crippen molar-refractivity contribution in [2.24, 2.45) is 0 Å².